The number of halogens is 1. The van der Waals surface area contributed by atoms with Gasteiger partial charge in [0.15, 0.2) is 10.4 Å². The molecule has 10 heteroatoms. The Morgan fingerprint density at radius 1 is 1.19 bits per heavy atom. The van der Waals surface area contributed by atoms with Crippen molar-refractivity contribution in [1.29, 1.82) is 0 Å². The smallest absolute Gasteiger partial charge is 0.287 e. The van der Waals surface area contributed by atoms with Crippen LogP contribution in [-0.2, 0) is 10.0 Å². The molecule has 0 saturated carbocycles. The van der Waals surface area contributed by atoms with Crippen molar-refractivity contribution in [1.82, 2.24) is 14.6 Å². The second-order valence-corrected chi connectivity index (χ2v) is 8.97. The molecule has 0 spiro atoms. The number of anilines is 1. The predicted molar refractivity (Wildman–Crippen MR) is 105 cm³/mol. The number of hydrogen-bond donors (Lipinski definition) is 1. The maximum atomic E-state index is 12.5. The number of nitrogens with zero attached hydrogens (tertiary/aromatic N) is 3. The second-order valence-electron chi connectivity index (χ2n) is 6.10. The molecule has 1 aliphatic heterocycles. The summed E-state index contributed by atoms with van der Waals surface area (Å²) in [6, 6.07) is 8.88. The number of rotatable bonds is 7. The molecule has 3 rings (SSSR count). The molecular formula is C17H21BrN4O4S. The first-order valence-corrected chi connectivity index (χ1v) is 11.0. The molecule has 27 heavy (non-hydrogen) atoms. The summed E-state index contributed by atoms with van der Waals surface area (Å²) in [4.78, 5) is 18.2. The van der Waals surface area contributed by atoms with Gasteiger partial charge in [0.25, 0.3) is 5.91 Å². The van der Waals surface area contributed by atoms with E-state index in [0.29, 0.717) is 37.3 Å². The lowest BCUT2D eigenvalue weighted by molar-refractivity contribution is 0.0924. The van der Waals surface area contributed by atoms with Gasteiger partial charge in [0.2, 0.25) is 10.0 Å². The van der Waals surface area contributed by atoms with Gasteiger partial charge in [-0.05, 0) is 46.6 Å². The summed E-state index contributed by atoms with van der Waals surface area (Å²) in [6.45, 7) is 2.36. The molecular weight excluding hydrogens is 436 g/mol. The Morgan fingerprint density at radius 3 is 2.59 bits per heavy atom. The average molecular weight is 457 g/mol. The standard InChI is InChI=1S/C17H21BrN4O4S/c18-15-6-5-14(26-15)17(23)20-8-3-13-27(24,25)22-11-9-21(10-12-22)16-4-1-2-7-19-16/h1-2,4-7H,3,8-13H2,(H,20,23). The third-order valence-corrected chi connectivity index (χ3v) is 6.65. The van der Waals surface area contributed by atoms with Crippen molar-refractivity contribution in [3.8, 4) is 0 Å². The Labute approximate surface area is 166 Å². The lowest BCUT2D eigenvalue weighted by Crippen LogP contribution is -2.49. The molecule has 3 heterocycles. The number of nitrogens with one attached hydrogen (secondary N) is 1. The summed E-state index contributed by atoms with van der Waals surface area (Å²) in [6.07, 6.45) is 2.07. The van der Waals surface area contributed by atoms with E-state index in [2.05, 4.69) is 31.1 Å². The monoisotopic (exact) mass is 456 g/mol. The van der Waals surface area contributed by atoms with Crippen LogP contribution in [0, 0.1) is 0 Å². The van der Waals surface area contributed by atoms with Crippen molar-refractivity contribution < 1.29 is 17.6 Å². The number of aromatic nitrogens is 1. The molecule has 0 unspecified atom stereocenters. The van der Waals surface area contributed by atoms with E-state index in [1.807, 2.05) is 18.2 Å². The van der Waals surface area contributed by atoms with Gasteiger partial charge in [-0.2, -0.15) is 4.31 Å². The Balaban J connectivity index is 1.42. The van der Waals surface area contributed by atoms with Gasteiger partial charge >= 0.3 is 0 Å². The topological polar surface area (TPSA) is 95.8 Å². The summed E-state index contributed by atoms with van der Waals surface area (Å²) in [5.74, 6) is 0.692. The van der Waals surface area contributed by atoms with Crippen molar-refractivity contribution in [2.24, 2.45) is 0 Å². The Morgan fingerprint density at radius 2 is 1.96 bits per heavy atom. The van der Waals surface area contributed by atoms with E-state index in [9.17, 15) is 13.2 Å². The molecule has 1 aliphatic rings. The fourth-order valence-electron chi connectivity index (χ4n) is 2.85. The van der Waals surface area contributed by atoms with E-state index < -0.39 is 10.0 Å². The van der Waals surface area contributed by atoms with Gasteiger partial charge in [-0.3, -0.25) is 4.79 Å². The molecule has 8 nitrogen and oxygen atoms in total. The molecule has 2 aromatic rings. The zero-order chi connectivity index (χ0) is 19.3. The van der Waals surface area contributed by atoms with Gasteiger partial charge in [-0.15, -0.1) is 0 Å². The molecule has 1 N–H and O–H groups in total. The van der Waals surface area contributed by atoms with E-state index in [1.54, 1.807) is 18.3 Å². The van der Waals surface area contributed by atoms with E-state index in [0.717, 1.165) is 5.82 Å². The molecule has 0 atom stereocenters. The van der Waals surface area contributed by atoms with Crippen LogP contribution in [0.4, 0.5) is 5.82 Å². The van der Waals surface area contributed by atoms with Crippen LogP contribution in [0.15, 0.2) is 45.6 Å². The SMILES string of the molecule is O=C(NCCCS(=O)(=O)N1CCN(c2ccccn2)CC1)c1ccc(Br)o1. The average Bonchev–Trinajstić information content (AvgIpc) is 3.12. The van der Waals surface area contributed by atoms with Gasteiger partial charge in [0.05, 0.1) is 5.75 Å². The van der Waals surface area contributed by atoms with Crippen molar-refractivity contribution in [2.75, 3.05) is 43.4 Å². The van der Waals surface area contributed by atoms with Gasteiger partial charge in [-0.25, -0.2) is 13.4 Å². The number of carbonyl (C=O) groups is 1. The lowest BCUT2D eigenvalue weighted by atomic mass is 10.3. The predicted octanol–water partition coefficient (Wildman–Crippen LogP) is 1.71. The first kappa shape index (κ1) is 19.8. The largest absolute Gasteiger partial charge is 0.444 e. The molecule has 1 saturated heterocycles. The van der Waals surface area contributed by atoms with Crippen LogP contribution in [-0.4, -0.2) is 62.1 Å². The normalized spacial score (nSPS) is 15.7. The number of sulfonamides is 1. The third-order valence-electron chi connectivity index (χ3n) is 4.27. The summed E-state index contributed by atoms with van der Waals surface area (Å²) < 4.78 is 32.1. The zero-order valence-electron chi connectivity index (χ0n) is 14.7. The van der Waals surface area contributed by atoms with Crippen molar-refractivity contribution in [3.05, 3.63) is 47.0 Å². The highest BCUT2D eigenvalue weighted by atomic mass is 79.9. The van der Waals surface area contributed by atoms with Crippen LogP contribution in [0.2, 0.25) is 0 Å². The Bertz CT molecular complexity index is 864. The van der Waals surface area contributed by atoms with Crippen LogP contribution in [0.3, 0.4) is 0 Å². The van der Waals surface area contributed by atoms with Crippen molar-refractivity contribution in [3.63, 3.8) is 0 Å². The van der Waals surface area contributed by atoms with E-state index in [4.69, 9.17) is 4.42 Å². The number of hydrogen-bond acceptors (Lipinski definition) is 6. The highest BCUT2D eigenvalue weighted by Gasteiger charge is 2.27. The van der Waals surface area contributed by atoms with Crippen LogP contribution >= 0.6 is 15.9 Å². The molecule has 1 amide bonds. The molecule has 0 radical (unpaired) electrons. The fraction of sp³-hybridized carbons (Fsp3) is 0.412. The van der Waals surface area contributed by atoms with E-state index in [1.165, 1.54) is 4.31 Å². The minimum atomic E-state index is -3.34. The van der Waals surface area contributed by atoms with E-state index >= 15 is 0 Å². The minimum absolute atomic E-state index is 0.00127. The summed E-state index contributed by atoms with van der Waals surface area (Å²) in [5, 5.41) is 2.66. The maximum absolute atomic E-state index is 12.5. The Hall–Kier alpha value is -1.91. The molecule has 146 valence electrons. The lowest BCUT2D eigenvalue weighted by Gasteiger charge is -2.34. The minimum Gasteiger partial charge on any atom is -0.444 e. The van der Waals surface area contributed by atoms with Crippen molar-refractivity contribution >= 4 is 37.7 Å². The molecule has 2 aromatic heterocycles. The van der Waals surface area contributed by atoms with Crippen LogP contribution in [0.5, 0.6) is 0 Å². The van der Waals surface area contributed by atoms with Gasteiger partial charge < -0.3 is 14.6 Å². The van der Waals surface area contributed by atoms with Crippen LogP contribution in [0.25, 0.3) is 0 Å². The first-order chi connectivity index (χ1) is 13.0. The van der Waals surface area contributed by atoms with Crippen LogP contribution in [0.1, 0.15) is 17.0 Å². The van der Waals surface area contributed by atoms with Gasteiger partial charge in [-0.1, -0.05) is 6.07 Å². The maximum Gasteiger partial charge on any atom is 0.287 e. The highest BCUT2D eigenvalue weighted by Crippen LogP contribution is 2.15. The van der Waals surface area contributed by atoms with E-state index in [-0.39, 0.29) is 24.0 Å². The fourth-order valence-corrected chi connectivity index (χ4v) is 4.64. The second kappa shape index (κ2) is 8.85. The molecule has 0 aliphatic carbocycles. The summed E-state index contributed by atoms with van der Waals surface area (Å²) in [7, 11) is -3.34. The molecule has 0 bridgehead atoms. The van der Waals surface area contributed by atoms with Crippen molar-refractivity contribution in [2.45, 2.75) is 6.42 Å². The molecule has 0 aromatic carbocycles. The zero-order valence-corrected chi connectivity index (χ0v) is 17.1. The van der Waals surface area contributed by atoms with Crippen LogP contribution < -0.4 is 10.2 Å². The third kappa shape index (κ3) is 5.30. The quantitative estimate of drug-likeness (QED) is 0.637. The first-order valence-electron chi connectivity index (χ1n) is 8.63. The number of amides is 1. The summed E-state index contributed by atoms with van der Waals surface area (Å²) in [5.41, 5.74) is 0. The number of carbonyl (C=O) groups excluding carboxylic acids is 1. The van der Waals surface area contributed by atoms with Gasteiger partial charge in [0.1, 0.15) is 5.82 Å². The highest BCUT2D eigenvalue weighted by molar-refractivity contribution is 9.10. The number of furan rings is 1. The Kier molecular flexibility index (Phi) is 6.51. The number of piperazine rings is 1. The number of pyridine rings is 1. The summed E-state index contributed by atoms with van der Waals surface area (Å²) >= 11 is 3.13. The molecule has 1 fully saturated rings. The van der Waals surface area contributed by atoms with Gasteiger partial charge in [0, 0.05) is 38.9 Å².